The standard InChI is InChI=1S/C15H21F2N/c1-3-11-4-6-13(8-11)18-10(2)14-7-5-12(16)9-15(14)17/h5,7,9-11,13,18H,3-4,6,8H2,1-2H3. The van der Waals surface area contributed by atoms with Crippen LogP contribution in [0.1, 0.15) is 51.1 Å². The molecule has 1 fully saturated rings. The van der Waals surface area contributed by atoms with E-state index in [2.05, 4.69) is 12.2 Å². The number of nitrogens with one attached hydrogen (secondary N) is 1. The van der Waals surface area contributed by atoms with Crippen molar-refractivity contribution in [3.05, 3.63) is 35.4 Å². The van der Waals surface area contributed by atoms with Crippen molar-refractivity contribution in [2.75, 3.05) is 0 Å². The lowest BCUT2D eigenvalue weighted by molar-refractivity contribution is 0.427. The molecule has 18 heavy (non-hydrogen) atoms. The summed E-state index contributed by atoms with van der Waals surface area (Å²) in [6, 6.07) is 4.21. The van der Waals surface area contributed by atoms with E-state index in [1.807, 2.05) is 6.92 Å². The Kier molecular flexibility index (Phi) is 4.33. The maximum Gasteiger partial charge on any atom is 0.130 e. The average molecular weight is 253 g/mol. The van der Waals surface area contributed by atoms with E-state index in [4.69, 9.17) is 0 Å². The summed E-state index contributed by atoms with van der Waals surface area (Å²) in [5.74, 6) is -0.178. The van der Waals surface area contributed by atoms with Gasteiger partial charge in [-0.15, -0.1) is 0 Å². The summed E-state index contributed by atoms with van der Waals surface area (Å²) in [7, 11) is 0. The third-order valence-electron chi connectivity index (χ3n) is 4.03. The monoisotopic (exact) mass is 253 g/mol. The van der Waals surface area contributed by atoms with Gasteiger partial charge in [0.25, 0.3) is 0 Å². The summed E-state index contributed by atoms with van der Waals surface area (Å²) in [5, 5.41) is 3.46. The summed E-state index contributed by atoms with van der Waals surface area (Å²) in [6.07, 6.45) is 4.81. The Balaban J connectivity index is 1.97. The summed E-state index contributed by atoms with van der Waals surface area (Å²) >= 11 is 0. The Labute approximate surface area is 108 Å². The summed E-state index contributed by atoms with van der Waals surface area (Å²) in [6.45, 7) is 4.16. The van der Waals surface area contributed by atoms with E-state index in [9.17, 15) is 8.78 Å². The van der Waals surface area contributed by atoms with E-state index in [1.165, 1.54) is 31.4 Å². The molecule has 0 bridgehead atoms. The Morgan fingerprint density at radius 2 is 2.11 bits per heavy atom. The Bertz CT molecular complexity index is 405. The predicted octanol–water partition coefficient (Wildman–Crippen LogP) is 4.19. The molecule has 1 nitrogen and oxygen atoms in total. The largest absolute Gasteiger partial charge is 0.307 e. The number of hydrogen-bond donors (Lipinski definition) is 1. The molecule has 2 rings (SSSR count). The summed E-state index contributed by atoms with van der Waals surface area (Å²) in [5.41, 5.74) is 0.552. The first-order valence-electron chi connectivity index (χ1n) is 6.81. The number of halogens is 2. The molecule has 0 saturated heterocycles. The van der Waals surface area contributed by atoms with Gasteiger partial charge in [0, 0.05) is 23.7 Å². The van der Waals surface area contributed by atoms with Gasteiger partial charge in [-0.3, -0.25) is 0 Å². The number of rotatable bonds is 4. The summed E-state index contributed by atoms with van der Waals surface area (Å²) in [4.78, 5) is 0. The fraction of sp³-hybridized carbons (Fsp3) is 0.600. The Morgan fingerprint density at radius 1 is 1.33 bits per heavy atom. The van der Waals surface area contributed by atoms with Crippen LogP contribution in [-0.4, -0.2) is 6.04 Å². The molecule has 0 aliphatic heterocycles. The number of benzene rings is 1. The molecule has 3 atom stereocenters. The molecule has 0 amide bonds. The van der Waals surface area contributed by atoms with Crippen molar-refractivity contribution in [2.24, 2.45) is 5.92 Å². The van der Waals surface area contributed by atoms with Gasteiger partial charge in [0.05, 0.1) is 0 Å². The SMILES string of the molecule is CCC1CCC(NC(C)c2ccc(F)cc2F)C1. The van der Waals surface area contributed by atoms with Gasteiger partial charge in [-0.2, -0.15) is 0 Å². The topological polar surface area (TPSA) is 12.0 Å². The van der Waals surface area contributed by atoms with E-state index in [-0.39, 0.29) is 6.04 Å². The van der Waals surface area contributed by atoms with Gasteiger partial charge in [-0.25, -0.2) is 8.78 Å². The third-order valence-corrected chi connectivity index (χ3v) is 4.03. The third kappa shape index (κ3) is 3.08. The smallest absolute Gasteiger partial charge is 0.130 e. The molecule has 0 heterocycles. The first kappa shape index (κ1) is 13.5. The zero-order valence-corrected chi connectivity index (χ0v) is 11.0. The van der Waals surface area contributed by atoms with Crippen LogP contribution >= 0.6 is 0 Å². The Hall–Kier alpha value is -0.960. The van der Waals surface area contributed by atoms with Crippen LogP contribution in [0.5, 0.6) is 0 Å². The fourth-order valence-electron chi connectivity index (χ4n) is 2.89. The first-order chi connectivity index (χ1) is 8.60. The maximum atomic E-state index is 13.6. The van der Waals surface area contributed by atoms with Gasteiger partial charge in [-0.05, 0) is 38.2 Å². The molecule has 1 aromatic rings. The highest BCUT2D eigenvalue weighted by atomic mass is 19.1. The van der Waals surface area contributed by atoms with E-state index >= 15 is 0 Å². The van der Waals surface area contributed by atoms with Crippen LogP contribution in [0.15, 0.2) is 18.2 Å². The predicted molar refractivity (Wildman–Crippen MR) is 69.3 cm³/mol. The molecule has 1 aliphatic carbocycles. The average Bonchev–Trinajstić information content (AvgIpc) is 2.76. The van der Waals surface area contributed by atoms with Crippen LogP contribution in [-0.2, 0) is 0 Å². The minimum Gasteiger partial charge on any atom is -0.307 e. The second kappa shape index (κ2) is 5.79. The molecule has 1 N–H and O–H groups in total. The molecular formula is C15H21F2N. The van der Waals surface area contributed by atoms with E-state index in [0.29, 0.717) is 11.6 Å². The molecule has 1 aromatic carbocycles. The molecule has 3 unspecified atom stereocenters. The van der Waals surface area contributed by atoms with Crippen LogP contribution < -0.4 is 5.32 Å². The lowest BCUT2D eigenvalue weighted by Crippen LogP contribution is -2.29. The van der Waals surface area contributed by atoms with Crippen molar-refractivity contribution < 1.29 is 8.78 Å². The summed E-state index contributed by atoms with van der Waals surface area (Å²) < 4.78 is 26.5. The van der Waals surface area contributed by atoms with Crippen LogP contribution in [0.3, 0.4) is 0 Å². The van der Waals surface area contributed by atoms with Gasteiger partial charge >= 0.3 is 0 Å². The molecule has 1 saturated carbocycles. The minimum atomic E-state index is -0.518. The van der Waals surface area contributed by atoms with Crippen LogP contribution in [0.2, 0.25) is 0 Å². The van der Waals surface area contributed by atoms with Crippen molar-refractivity contribution in [1.29, 1.82) is 0 Å². The highest BCUT2D eigenvalue weighted by molar-refractivity contribution is 5.21. The van der Waals surface area contributed by atoms with Crippen molar-refractivity contribution >= 4 is 0 Å². The molecular weight excluding hydrogens is 232 g/mol. The van der Waals surface area contributed by atoms with E-state index in [0.717, 1.165) is 18.4 Å². The number of hydrogen-bond acceptors (Lipinski definition) is 1. The normalized spacial score (nSPS) is 25.3. The molecule has 100 valence electrons. The van der Waals surface area contributed by atoms with Gasteiger partial charge in [0.1, 0.15) is 11.6 Å². The molecule has 0 aromatic heterocycles. The van der Waals surface area contributed by atoms with Crippen LogP contribution in [0, 0.1) is 17.6 Å². The lowest BCUT2D eigenvalue weighted by Gasteiger charge is -2.20. The second-order valence-electron chi connectivity index (χ2n) is 5.34. The highest BCUT2D eigenvalue weighted by Crippen LogP contribution is 2.30. The van der Waals surface area contributed by atoms with Crippen molar-refractivity contribution in [2.45, 2.75) is 51.6 Å². The molecule has 3 heteroatoms. The second-order valence-corrected chi connectivity index (χ2v) is 5.34. The fourth-order valence-corrected chi connectivity index (χ4v) is 2.89. The van der Waals surface area contributed by atoms with Crippen molar-refractivity contribution in [3.63, 3.8) is 0 Å². The molecule has 1 aliphatic rings. The van der Waals surface area contributed by atoms with E-state index in [1.54, 1.807) is 0 Å². The minimum absolute atomic E-state index is 0.0637. The van der Waals surface area contributed by atoms with E-state index < -0.39 is 11.6 Å². The highest BCUT2D eigenvalue weighted by Gasteiger charge is 2.25. The van der Waals surface area contributed by atoms with Gasteiger partial charge in [-0.1, -0.05) is 19.4 Å². The lowest BCUT2D eigenvalue weighted by atomic mass is 10.0. The van der Waals surface area contributed by atoms with Crippen LogP contribution in [0.25, 0.3) is 0 Å². The first-order valence-corrected chi connectivity index (χ1v) is 6.81. The molecule has 0 spiro atoms. The van der Waals surface area contributed by atoms with Crippen molar-refractivity contribution in [3.8, 4) is 0 Å². The zero-order valence-electron chi connectivity index (χ0n) is 11.0. The quantitative estimate of drug-likeness (QED) is 0.848. The van der Waals surface area contributed by atoms with Gasteiger partial charge in [0.15, 0.2) is 0 Å². The Morgan fingerprint density at radius 3 is 2.72 bits per heavy atom. The molecule has 0 radical (unpaired) electrons. The zero-order chi connectivity index (χ0) is 13.1. The van der Waals surface area contributed by atoms with Gasteiger partial charge in [0.2, 0.25) is 0 Å². The van der Waals surface area contributed by atoms with Crippen molar-refractivity contribution in [1.82, 2.24) is 5.32 Å². The van der Waals surface area contributed by atoms with Crippen LogP contribution in [0.4, 0.5) is 8.78 Å². The maximum absolute atomic E-state index is 13.6. The van der Waals surface area contributed by atoms with Gasteiger partial charge < -0.3 is 5.32 Å².